The molecule has 0 unspecified atom stereocenters. The van der Waals surface area contributed by atoms with E-state index in [0.29, 0.717) is 12.5 Å². The second-order valence-electron chi connectivity index (χ2n) is 4.63. The number of terminal acetylenes is 1. The largest absolute Gasteiger partial charge is 0.481 e. The van der Waals surface area contributed by atoms with Crippen molar-refractivity contribution in [1.29, 1.82) is 0 Å². The van der Waals surface area contributed by atoms with Gasteiger partial charge in [-0.3, -0.25) is 14.5 Å². The van der Waals surface area contributed by atoms with E-state index in [1.165, 1.54) is 0 Å². The highest BCUT2D eigenvalue weighted by Gasteiger charge is 2.21. The predicted molar refractivity (Wildman–Crippen MR) is 67.9 cm³/mol. The first kappa shape index (κ1) is 14.5. The Hall–Kier alpha value is -1.54. The summed E-state index contributed by atoms with van der Waals surface area (Å²) in [6, 6.07) is 0. The van der Waals surface area contributed by atoms with Crippen LogP contribution in [0.1, 0.15) is 25.7 Å². The van der Waals surface area contributed by atoms with Crippen molar-refractivity contribution in [3.8, 4) is 12.3 Å². The zero-order chi connectivity index (χ0) is 13.4. The van der Waals surface area contributed by atoms with Crippen molar-refractivity contribution in [3.05, 3.63) is 0 Å². The Bertz CT molecular complexity index is 328. The van der Waals surface area contributed by atoms with Crippen LogP contribution in [0, 0.1) is 18.3 Å². The Labute approximate surface area is 108 Å². The quantitative estimate of drug-likeness (QED) is 0.668. The summed E-state index contributed by atoms with van der Waals surface area (Å²) in [7, 11) is 0. The molecule has 2 N–H and O–H groups in total. The van der Waals surface area contributed by atoms with Crippen molar-refractivity contribution in [3.63, 3.8) is 0 Å². The molecule has 100 valence electrons. The van der Waals surface area contributed by atoms with Gasteiger partial charge in [0.25, 0.3) is 0 Å². The maximum absolute atomic E-state index is 11.4. The summed E-state index contributed by atoms with van der Waals surface area (Å²) >= 11 is 0. The van der Waals surface area contributed by atoms with Crippen LogP contribution in [-0.2, 0) is 9.59 Å². The number of carbonyl (C=O) groups excluding carboxylic acids is 1. The van der Waals surface area contributed by atoms with E-state index in [-0.39, 0.29) is 18.9 Å². The first-order valence-corrected chi connectivity index (χ1v) is 6.26. The van der Waals surface area contributed by atoms with E-state index in [0.717, 1.165) is 32.4 Å². The van der Waals surface area contributed by atoms with Gasteiger partial charge in [-0.1, -0.05) is 5.92 Å². The van der Waals surface area contributed by atoms with Gasteiger partial charge in [0, 0.05) is 6.42 Å². The highest BCUT2D eigenvalue weighted by Crippen LogP contribution is 2.21. The SMILES string of the molecule is C#CCNC(=O)CN1CCC(CCC(=O)O)CC1. The average Bonchev–Trinajstić information content (AvgIpc) is 2.35. The minimum atomic E-state index is -0.730. The van der Waals surface area contributed by atoms with E-state index in [4.69, 9.17) is 11.5 Å². The molecule has 1 aliphatic heterocycles. The van der Waals surface area contributed by atoms with Crippen molar-refractivity contribution in [1.82, 2.24) is 10.2 Å². The van der Waals surface area contributed by atoms with Gasteiger partial charge in [-0.05, 0) is 38.3 Å². The number of nitrogens with zero attached hydrogens (tertiary/aromatic N) is 1. The smallest absolute Gasteiger partial charge is 0.303 e. The number of piperidine rings is 1. The van der Waals surface area contributed by atoms with Gasteiger partial charge >= 0.3 is 5.97 Å². The number of rotatable bonds is 6. The van der Waals surface area contributed by atoms with Gasteiger partial charge in [-0.25, -0.2) is 0 Å². The number of nitrogens with one attached hydrogen (secondary N) is 1. The molecular weight excluding hydrogens is 232 g/mol. The number of amides is 1. The van der Waals surface area contributed by atoms with Crippen LogP contribution in [-0.4, -0.2) is 48.1 Å². The van der Waals surface area contributed by atoms with Gasteiger partial charge in [0.05, 0.1) is 13.1 Å². The van der Waals surface area contributed by atoms with Gasteiger partial charge in [0.1, 0.15) is 0 Å². The third-order valence-electron chi connectivity index (χ3n) is 3.23. The number of hydrogen-bond donors (Lipinski definition) is 2. The summed E-state index contributed by atoms with van der Waals surface area (Å²) in [5, 5.41) is 11.3. The molecule has 5 heteroatoms. The molecule has 0 bridgehead atoms. The van der Waals surface area contributed by atoms with Crippen molar-refractivity contribution in [2.75, 3.05) is 26.2 Å². The summed E-state index contributed by atoms with van der Waals surface area (Å²) in [4.78, 5) is 24.0. The molecule has 1 saturated heterocycles. The number of carbonyl (C=O) groups is 2. The van der Waals surface area contributed by atoms with Crippen LogP contribution in [0.4, 0.5) is 0 Å². The molecule has 5 nitrogen and oxygen atoms in total. The minimum absolute atomic E-state index is 0.0445. The lowest BCUT2D eigenvalue weighted by Gasteiger charge is -2.31. The number of hydrogen-bond acceptors (Lipinski definition) is 3. The van der Waals surface area contributed by atoms with Crippen LogP contribution in [0.25, 0.3) is 0 Å². The fourth-order valence-electron chi connectivity index (χ4n) is 2.17. The molecule has 1 fully saturated rings. The van der Waals surface area contributed by atoms with E-state index in [1.807, 2.05) is 0 Å². The molecule has 1 aliphatic rings. The average molecular weight is 252 g/mol. The fraction of sp³-hybridized carbons (Fsp3) is 0.692. The standard InChI is InChI=1S/C13H20N2O3/c1-2-7-14-12(16)10-15-8-5-11(6-9-15)3-4-13(17)18/h1,11H,3-10H2,(H,14,16)(H,17,18). The molecular formula is C13H20N2O3. The minimum Gasteiger partial charge on any atom is -0.481 e. The Morgan fingerprint density at radius 2 is 2.06 bits per heavy atom. The topological polar surface area (TPSA) is 69.6 Å². The fourth-order valence-corrected chi connectivity index (χ4v) is 2.17. The molecule has 0 spiro atoms. The highest BCUT2D eigenvalue weighted by atomic mass is 16.4. The van der Waals surface area contributed by atoms with E-state index >= 15 is 0 Å². The lowest BCUT2D eigenvalue weighted by molar-refractivity contribution is -0.137. The first-order valence-electron chi connectivity index (χ1n) is 6.26. The van der Waals surface area contributed by atoms with E-state index < -0.39 is 5.97 Å². The Morgan fingerprint density at radius 1 is 1.39 bits per heavy atom. The summed E-state index contributed by atoms with van der Waals surface area (Å²) in [6.45, 7) is 2.36. The van der Waals surface area contributed by atoms with Crippen LogP contribution in [0.5, 0.6) is 0 Å². The van der Waals surface area contributed by atoms with Gasteiger partial charge in [-0.15, -0.1) is 6.42 Å². The molecule has 0 radical (unpaired) electrons. The summed E-state index contributed by atoms with van der Waals surface area (Å²) in [6.07, 6.45) is 7.98. The van der Waals surface area contributed by atoms with E-state index in [9.17, 15) is 9.59 Å². The third kappa shape index (κ3) is 5.69. The van der Waals surface area contributed by atoms with E-state index in [1.54, 1.807) is 0 Å². The number of aliphatic carboxylic acids is 1. The molecule has 1 heterocycles. The van der Waals surface area contributed by atoms with Gasteiger partial charge in [0.2, 0.25) is 5.91 Å². The second kappa shape index (κ2) is 7.72. The summed E-state index contributed by atoms with van der Waals surface area (Å²) in [5.74, 6) is 2.07. The molecule has 0 aromatic rings. The van der Waals surface area contributed by atoms with Crippen molar-refractivity contribution >= 4 is 11.9 Å². The summed E-state index contributed by atoms with van der Waals surface area (Å²) < 4.78 is 0. The Morgan fingerprint density at radius 3 is 2.61 bits per heavy atom. The Kier molecular flexibility index (Phi) is 6.23. The van der Waals surface area contributed by atoms with Crippen molar-refractivity contribution in [2.45, 2.75) is 25.7 Å². The molecule has 0 aliphatic carbocycles. The molecule has 18 heavy (non-hydrogen) atoms. The molecule has 0 saturated carbocycles. The second-order valence-corrected chi connectivity index (χ2v) is 4.63. The molecule has 1 amide bonds. The maximum atomic E-state index is 11.4. The van der Waals surface area contributed by atoms with E-state index in [2.05, 4.69) is 16.1 Å². The van der Waals surface area contributed by atoms with Crippen LogP contribution in [0.15, 0.2) is 0 Å². The zero-order valence-corrected chi connectivity index (χ0v) is 10.5. The lowest BCUT2D eigenvalue weighted by atomic mass is 9.92. The highest BCUT2D eigenvalue weighted by molar-refractivity contribution is 5.78. The van der Waals surface area contributed by atoms with Crippen LogP contribution < -0.4 is 5.32 Å². The molecule has 1 rings (SSSR count). The molecule has 0 aromatic heterocycles. The zero-order valence-electron chi connectivity index (χ0n) is 10.5. The molecule has 0 aromatic carbocycles. The maximum Gasteiger partial charge on any atom is 0.303 e. The van der Waals surface area contributed by atoms with Crippen LogP contribution >= 0.6 is 0 Å². The van der Waals surface area contributed by atoms with Gasteiger partial charge in [-0.2, -0.15) is 0 Å². The lowest BCUT2D eigenvalue weighted by Crippen LogP contribution is -2.41. The monoisotopic (exact) mass is 252 g/mol. The summed E-state index contributed by atoms with van der Waals surface area (Å²) in [5.41, 5.74) is 0. The number of carboxylic acid groups (broad SMARTS) is 1. The predicted octanol–water partition coefficient (Wildman–Crippen LogP) is 0.313. The normalized spacial score (nSPS) is 17.1. The first-order chi connectivity index (χ1) is 8.61. The van der Waals surface area contributed by atoms with Gasteiger partial charge < -0.3 is 10.4 Å². The van der Waals surface area contributed by atoms with Gasteiger partial charge in [0.15, 0.2) is 0 Å². The number of likely N-dealkylation sites (tertiary alicyclic amines) is 1. The van der Waals surface area contributed by atoms with Crippen LogP contribution in [0.3, 0.4) is 0 Å². The Balaban J connectivity index is 2.17. The van der Waals surface area contributed by atoms with Crippen molar-refractivity contribution in [2.24, 2.45) is 5.92 Å². The molecule has 0 atom stereocenters. The third-order valence-corrected chi connectivity index (χ3v) is 3.23. The van der Waals surface area contributed by atoms with Crippen LogP contribution in [0.2, 0.25) is 0 Å². The number of carboxylic acids is 1. The van der Waals surface area contributed by atoms with Crippen molar-refractivity contribution < 1.29 is 14.7 Å².